The third-order valence-electron chi connectivity index (χ3n) is 8.20. The number of carbonyl (C=O) groups is 2. The highest BCUT2D eigenvalue weighted by atomic mass is 16.6. The number of nitrogens with zero attached hydrogens (tertiary/aromatic N) is 1. The van der Waals surface area contributed by atoms with Gasteiger partial charge in [-0.1, -0.05) is 109 Å². The Morgan fingerprint density at radius 2 is 1.20 bits per heavy atom. The Labute approximate surface area is 255 Å². The SMILES string of the molecule is C=CCO[C@H]1[C@H](O)[C@@H](COC(c2ccccc2)(c2ccccc2)c2ccccc2)O[C@@H](O)[C@@H]1N1C(=O)c2ccccc2C1=O. The Kier molecular flexibility index (Phi) is 8.52. The lowest BCUT2D eigenvalue weighted by Crippen LogP contribution is -2.66. The fraction of sp³-hybridized carbons (Fsp3) is 0.222. The molecule has 2 amide bonds. The van der Waals surface area contributed by atoms with Gasteiger partial charge in [-0.2, -0.15) is 0 Å². The van der Waals surface area contributed by atoms with Crippen LogP contribution in [0.4, 0.5) is 0 Å². The number of ether oxygens (including phenoxy) is 3. The number of benzene rings is 4. The monoisotopic (exact) mass is 591 g/mol. The third kappa shape index (κ3) is 5.17. The fourth-order valence-corrected chi connectivity index (χ4v) is 6.16. The largest absolute Gasteiger partial charge is 0.388 e. The van der Waals surface area contributed by atoms with Crippen molar-refractivity contribution in [2.45, 2.75) is 36.2 Å². The summed E-state index contributed by atoms with van der Waals surface area (Å²) in [5.41, 5.74) is 1.88. The van der Waals surface area contributed by atoms with Crippen molar-refractivity contribution in [2.75, 3.05) is 13.2 Å². The number of aliphatic hydroxyl groups excluding tert-OH is 2. The number of carbonyl (C=O) groups excluding carboxylic acids is 2. The second-order valence-electron chi connectivity index (χ2n) is 10.7. The van der Waals surface area contributed by atoms with Gasteiger partial charge in [-0.3, -0.25) is 14.5 Å². The van der Waals surface area contributed by atoms with Gasteiger partial charge in [0.15, 0.2) is 6.29 Å². The minimum atomic E-state index is -1.66. The first kappa shape index (κ1) is 29.6. The molecule has 224 valence electrons. The molecule has 8 nitrogen and oxygen atoms in total. The molecule has 8 heteroatoms. The third-order valence-corrected chi connectivity index (χ3v) is 8.20. The molecule has 0 aromatic heterocycles. The highest BCUT2D eigenvalue weighted by Gasteiger charge is 2.54. The second kappa shape index (κ2) is 12.7. The van der Waals surface area contributed by atoms with Crippen LogP contribution in [0.25, 0.3) is 0 Å². The van der Waals surface area contributed by atoms with Crippen LogP contribution in [0.1, 0.15) is 37.4 Å². The Bertz CT molecular complexity index is 1480. The average Bonchev–Trinajstić information content (AvgIpc) is 3.32. The maximum absolute atomic E-state index is 13.3. The van der Waals surface area contributed by atoms with Crippen molar-refractivity contribution in [2.24, 2.45) is 0 Å². The molecule has 4 aromatic rings. The zero-order chi connectivity index (χ0) is 30.7. The van der Waals surface area contributed by atoms with Crippen molar-refractivity contribution in [3.05, 3.63) is 156 Å². The molecule has 0 radical (unpaired) electrons. The van der Waals surface area contributed by atoms with Crippen LogP contribution in [-0.2, 0) is 19.8 Å². The van der Waals surface area contributed by atoms with Crippen LogP contribution in [0.5, 0.6) is 0 Å². The first-order valence-corrected chi connectivity index (χ1v) is 14.5. The molecule has 1 fully saturated rings. The number of hydrogen-bond acceptors (Lipinski definition) is 7. The molecule has 6 rings (SSSR count). The van der Waals surface area contributed by atoms with Crippen LogP contribution in [0, 0.1) is 0 Å². The Morgan fingerprint density at radius 3 is 1.66 bits per heavy atom. The molecular weight excluding hydrogens is 558 g/mol. The van der Waals surface area contributed by atoms with Gasteiger partial charge in [-0.15, -0.1) is 6.58 Å². The molecule has 0 spiro atoms. The smallest absolute Gasteiger partial charge is 0.262 e. The van der Waals surface area contributed by atoms with Crippen molar-refractivity contribution in [3.63, 3.8) is 0 Å². The standard InChI is InChI=1S/C36H33NO7/c1-2-22-42-32-30(37-33(39)27-20-12-13-21-28(27)34(37)40)35(41)44-29(31(32)38)23-43-36(24-14-6-3-7-15-24,25-16-8-4-9-17-25)26-18-10-5-11-19-26/h2-21,29-32,35,38,41H,1,22-23H2/t29-,30-,31-,32-,35-/m1/s1. The van der Waals surface area contributed by atoms with Gasteiger partial charge < -0.3 is 24.4 Å². The molecule has 44 heavy (non-hydrogen) atoms. The first-order chi connectivity index (χ1) is 21.5. The normalized spacial score (nSPS) is 23.4. The predicted octanol–water partition coefficient (Wildman–Crippen LogP) is 4.31. The maximum atomic E-state index is 13.3. The summed E-state index contributed by atoms with van der Waals surface area (Å²) in [5.74, 6) is -1.19. The number of hydrogen-bond donors (Lipinski definition) is 2. The molecule has 2 aliphatic rings. The molecule has 4 aromatic carbocycles. The van der Waals surface area contributed by atoms with Gasteiger partial charge in [0.25, 0.3) is 11.8 Å². The minimum absolute atomic E-state index is 0.00365. The van der Waals surface area contributed by atoms with Gasteiger partial charge >= 0.3 is 0 Å². The summed E-state index contributed by atoms with van der Waals surface area (Å²) in [7, 11) is 0. The summed E-state index contributed by atoms with van der Waals surface area (Å²) >= 11 is 0. The van der Waals surface area contributed by atoms with Crippen molar-refractivity contribution in [1.29, 1.82) is 0 Å². The van der Waals surface area contributed by atoms with Crippen LogP contribution >= 0.6 is 0 Å². The zero-order valence-corrected chi connectivity index (χ0v) is 23.9. The van der Waals surface area contributed by atoms with Gasteiger partial charge in [-0.05, 0) is 28.8 Å². The summed E-state index contributed by atoms with van der Waals surface area (Å²) in [6.07, 6.45) is -3.82. The molecule has 0 unspecified atom stereocenters. The van der Waals surface area contributed by atoms with E-state index in [1.807, 2.05) is 91.0 Å². The van der Waals surface area contributed by atoms with E-state index < -0.39 is 48.1 Å². The van der Waals surface area contributed by atoms with Crippen LogP contribution < -0.4 is 0 Å². The fourth-order valence-electron chi connectivity index (χ4n) is 6.16. The van der Waals surface area contributed by atoms with E-state index in [0.717, 1.165) is 21.6 Å². The van der Waals surface area contributed by atoms with Crippen molar-refractivity contribution >= 4 is 11.8 Å². The van der Waals surface area contributed by atoms with E-state index in [1.54, 1.807) is 24.3 Å². The Hall–Kier alpha value is -4.44. The van der Waals surface area contributed by atoms with E-state index in [9.17, 15) is 19.8 Å². The molecular formula is C36H33NO7. The van der Waals surface area contributed by atoms with Crippen molar-refractivity contribution in [1.82, 2.24) is 4.90 Å². The lowest BCUT2D eigenvalue weighted by atomic mass is 9.80. The predicted molar refractivity (Wildman–Crippen MR) is 163 cm³/mol. The molecule has 5 atom stereocenters. The lowest BCUT2D eigenvalue weighted by molar-refractivity contribution is -0.276. The van der Waals surface area contributed by atoms with E-state index in [1.165, 1.54) is 6.08 Å². The van der Waals surface area contributed by atoms with Gasteiger partial charge in [0.05, 0.1) is 24.3 Å². The van der Waals surface area contributed by atoms with E-state index in [4.69, 9.17) is 14.2 Å². The average molecular weight is 592 g/mol. The minimum Gasteiger partial charge on any atom is -0.388 e. The van der Waals surface area contributed by atoms with E-state index >= 15 is 0 Å². The van der Waals surface area contributed by atoms with E-state index in [2.05, 4.69) is 6.58 Å². The van der Waals surface area contributed by atoms with Crippen LogP contribution in [0.15, 0.2) is 128 Å². The zero-order valence-electron chi connectivity index (χ0n) is 23.9. The van der Waals surface area contributed by atoms with Gasteiger partial charge in [0, 0.05) is 0 Å². The molecule has 1 saturated heterocycles. The van der Waals surface area contributed by atoms with Crippen LogP contribution in [0.3, 0.4) is 0 Å². The van der Waals surface area contributed by atoms with E-state index in [0.29, 0.717) is 0 Å². The summed E-state index contributed by atoms with van der Waals surface area (Å²) in [6.45, 7) is 3.53. The van der Waals surface area contributed by atoms with Crippen molar-refractivity contribution < 1.29 is 34.0 Å². The Balaban J connectivity index is 1.35. The molecule has 0 bridgehead atoms. The number of aliphatic hydroxyl groups is 2. The van der Waals surface area contributed by atoms with Crippen LogP contribution in [0.2, 0.25) is 0 Å². The maximum Gasteiger partial charge on any atom is 0.262 e. The first-order valence-electron chi connectivity index (χ1n) is 14.5. The summed E-state index contributed by atoms with van der Waals surface area (Å²) in [4.78, 5) is 27.6. The molecule has 2 heterocycles. The number of amides is 2. The molecule has 0 aliphatic carbocycles. The second-order valence-corrected chi connectivity index (χ2v) is 10.7. The number of rotatable bonds is 10. The summed E-state index contributed by atoms with van der Waals surface area (Å²) in [6, 6.07) is 34.3. The quantitative estimate of drug-likeness (QED) is 0.161. The molecule has 2 aliphatic heterocycles. The van der Waals surface area contributed by atoms with Gasteiger partial charge in [0.2, 0.25) is 0 Å². The highest BCUT2D eigenvalue weighted by Crippen LogP contribution is 2.41. The summed E-state index contributed by atoms with van der Waals surface area (Å²) in [5, 5.41) is 23.0. The summed E-state index contributed by atoms with van der Waals surface area (Å²) < 4.78 is 18.7. The highest BCUT2D eigenvalue weighted by molar-refractivity contribution is 6.21. The lowest BCUT2D eigenvalue weighted by Gasteiger charge is -2.46. The van der Waals surface area contributed by atoms with Gasteiger partial charge in [-0.25, -0.2) is 0 Å². The van der Waals surface area contributed by atoms with Crippen molar-refractivity contribution in [3.8, 4) is 0 Å². The molecule has 2 N–H and O–H groups in total. The van der Waals surface area contributed by atoms with E-state index in [-0.39, 0.29) is 24.3 Å². The number of fused-ring (bicyclic) bond motifs is 1. The number of imide groups is 1. The van der Waals surface area contributed by atoms with Crippen LogP contribution in [-0.4, -0.2) is 70.8 Å². The molecule has 0 saturated carbocycles. The van der Waals surface area contributed by atoms with Gasteiger partial charge in [0.1, 0.15) is 30.0 Å². The Morgan fingerprint density at radius 1 is 0.750 bits per heavy atom. The topological polar surface area (TPSA) is 106 Å².